The molecule has 0 aromatic rings. The molecule has 192 valence electrons. The molecule has 0 heterocycles. The molecule has 2 atom stereocenters. The number of methoxy groups -OCH3 is 1. The van der Waals surface area contributed by atoms with Crippen LogP contribution in [0, 0.1) is 0 Å². The predicted molar refractivity (Wildman–Crippen MR) is 149 cm³/mol. The fourth-order valence-electron chi connectivity index (χ4n) is 4.52. The van der Waals surface area contributed by atoms with Gasteiger partial charge in [0.15, 0.2) is 0 Å². The monoisotopic (exact) mass is 488 g/mol. The lowest BCUT2D eigenvalue weighted by atomic mass is 10.0. The minimum Gasteiger partial charge on any atom is -0.469 e. The minimum absolute atomic E-state index is 0.0635. The van der Waals surface area contributed by atoms with Crippen LogP contribution in [0.1, 0.15) is 142 Å². The van der Waals surface area contributed by atoms with Gasteiger partial charge in [-0.15, -0.1) is 0 Å². The molecule has 0 aromatic heterocycles. The van der Waals surface area contributed by atoms with Crippen LogP contribution in [-0.4, -0.2) is 36.1 Å². The van der Waals surface area contributed by atoms with Crippen molar-refractivity contribution >= 4 is 29.5 Å². The normalized spacial score (nSPS) is 13.2. The summed E-state index contributed by atoms with van der Waals surface area (Å²) >= 11 is 4.23. The van der Waals surface area contributed by atoms with E-state index in [1.54, 1.807) is 0 Å². The summed E-state index contributed by atoms with van der Waals surface area (Å²) < 4.78 is 4.68. The van der Waals surface area contributed by atoms with E-state index in [2.05, 4.69) is 47.7 Å². The first kappa shape index (κ1) is 32.2. The van der Waals surface area contributed by atoms with Crippen molar-refractivity contribution in [1.29, 1.82) is 0 Å². The lowest BCUT2D eigenvalue weighted by Crippen LogP contribution is -2.19. The summed E-state index contributed by atoms with van der Waals surface area (Å²) in [5, 5.41) is 1.72. The van der Waals surface area contributed by atoms with Gasteiger partial charge in [0.25, 0.3) is 0 Å². The molecule has 0 bridgehead atoms. The van der Waals surface area contributed by atoms with Gasteiger partial charge in [-0.1, -0.05) is 116 Å². The van der Waals surface area contributed by atoms with Crippen molar-refractivity contribution in [2.45, 2.75) is 152 Å². The van der Waals surface area contributed by atoms with Crippen molar-refractivity contribution in [3.63, 3.8) is 0 Å². The van der Waals surface area contributed by atoms with Crippen molar-refractivity contribution in [3.05, 3.63) is 0 Å². The quantitative estimate of drug-likeness (QED) is 0.0943. The predicted octanol–water partition coefficient (Wildman–Crippen LogP) is 9.83. The van der Waals surface area contributed by atoms with E-state index in [0.717, 1.165) is 16.9 Å². The highest BCUT2D eigenvalue weighted by Gasteiger charge is 2.18. The molecule has 0 aromatic carbocycles. The van der Waals surface area contributed by atoms with Gasteiger partial charge < -0.3 is 4.74 Å². The highest BCUT2D eigenvalue weighted by atomic mass is 32.2. The number of thioether (sulfide) groups is 2. The van der Waals surface area contributed by atoms with E-state index < -0.39 is 0 Å². The van der Waals surface area contributed by atoms with Gasteiger partial charge in [-0.05, 0) is 31.8 Å². The second-order valence-electron chi connectivity index (χ2n) is 9.46. The third-order valence-electron chi connectivity index (χ3n) is 6.71. The fourth-order valence-corrected chi connectivity index (χ4v) is 6.87. The molecule has 2 unspecified atom stereocenters. The molecule has 4 heteroatoms. The fraction of sp³-hybridized carbons (Fsp3) is 0.964. The maximum absolute atomic E-state index is 11.1. The molecule has 0 radical (unpaired) electrons. The molecule has 2 nitrogen and oxygen atoms in total. The van der Waals surface area contributed by atoms with E-state index in [0.29, 0.717) is 6.42 Å². The van der Waals surface area contributed by atoms with E-state index in [-0.39, 0.29) is 5.97 Å². The number of hydrogen-bond donors (Lipinski definition) is 0. The third-order valence-corrected chi connectivity index (χ3v) is 9.22. The van der Waals surface area contributed by atoms with Gasteiger partial charge in [-0.25, -0.2) is 0 Å². The Morgan fingerprint density at radius 1 is 0.594 bits per heavy atom. The Bertz CT molecular complexity index is 390. The van der Waals surface area contributed by atoms with Crippen molar-refractivity contribution in [2.75, 3.05) is 19.6 Å². The number of esters is 1. The Morgan fingerprint density at radius 3 is 1.28 bits per heavy atom. The van der Waals surface area contributed by atoms with Gasteiger partial charge in [-0.2, -0.15) is 23.5 Å². The summed E-state index contributed by atoms with van der Waals surface area (Å²) in [7, 11) is 1.47. The van der Waals surface area contributed by atoms with Gasteiger partial charge in [-0.3, -0.25) is 4.79 Å². The molecular formula is C28H56O2S2. The molecule has 0 saturated heterocycles. The standard InChI is InChI=1S/C28H56O2S2/c1-5-6-7-17-20-23-26(31-3)27(32-4)24-21-18-15-13-11-9-8-10-12-14-16-19-22-25-28(29)30-2/h26-27H,5-25H2,1-4H3. The minimum atomic E-state index is -0.0635. The zero-order valence-electron chi connectivity index (χ0n) is 22.1. The number of hydrogen-bond acceptors (Lipinski definition) is 4. The molecule has 0 fully saturated rings. The zero-order chi connectivity index (χ0) is 23.7. The second-order valence-corrected chi connectivity index (χ2v) is 11.6. The Hall–Kier alpha value is 0.170. The molecule has 0 spiro atoms. The van der Waals surface area contributed by atoms with Gasteiger partial charge in [0.05, 0.1) is 7.11 Å². The summed E-state index contributed by atoms with van der Waals surface area (Å²) in [6, 6.07) is 0. The number of carbonyl (C=O) groups excluding carboxylic acids is 1. The summed E-state index contributed by atoms with van der Waals surface area (Å²) in [5.74, 6) is -0.0635. The Morgan fingerprint density at radius 2 is 0.938 bits per heavy atom. The van der Waals surface area contributed by atoms with Crippen molar-refractivity contribution in [3.8, 4) is 0 Å². The first-order valence-corrected chi connectivity index (χ1v) is 16.4. The summed E-state index contributed by atoms with van der Waals surface area (Å²) in [6.45, 7) is 2.30. The molecule has 0 aliphatic rings. The molecule has 0 N–H and O–H groups in total. The highest BCUT2D eigenvalue weighted by Crippen LogP contribution is 2.30. The zero-order valence-corrected chi connectivity index (χ0v) is 23.8. The summed E-state index contributed by atoms with van der Waals surface area (Å²) in [4.78, 5) is 11.1. The lowest BCUT2D eigenvalue weighted by molar-refractivity contribution is -0.140. The van der Waals surface area contributed by atoms with Gasteiger partial charge in [0.2, 0.25) is 0 Å². The van der Waals surface area contributed by atoms with E-state index in [1.165, 1.54) is 129 Å². The first-order valence-electron chi connectivity index (χ1n) is 13.8. The SMILES string of the molecule is CCCCCCCC(SC)C(CCCCCCCCCCCCCCCC(=O)OC)SC. The summed E-state index contributed by atoms with van der Waals surface area (Å²) in [6.07, 6.45) is 32.6. The number of rotatable bonds is 25. The molecule has 0 amide bonds. The van der Waals surface area contributed by atoms with E-state index in [9.17, 15) is 4.79 Å². The van der Waals surface area contributed by atoms with Crippen molar-refractivity contribution in [2.24, 2.45) is 0 Å². The maximum Gasteiger partial charge on any atom is 0.305 e. The highest BCUT2D eigenvalue weighted by molar-refractivity contribution is 8.03. The molecule has 32 heavy (non-hydrogen) atoms. The van der Waals surface area contributed by atoms with Crippen LogP contribution in [0.5, 0.6) is 0 Å². The first-order chi connectivity index (χ1) is 15.7. The van der Waals surface area contributed by atoms with E-state index in [1.807, 2.05) is 0 Å². The van der Waals surface area contributed by atoms with Crippen LogP contribution >= 0.6 is 23.5 Å². The van der Waals surface area contributed by atoms with Crippen LogP contribution in [0.15, 0.2) is 0 Å². The largest absolute Gasteiger partial charge is 0.469 e. The molecular weight excluding hydrogens is 432 g/mol. The average Bonchev–Trinajstić information content (AvgIpc) is 2.81. The number of ether oxygens (including phenoxy) is 1. The molecule has 0 saturated carbocycles. The Labute approximate surface area is 210 Å². The lowest BCUT2D eigenvalue weighted by Gasteiger charge is -2.24. The Kier molecular flexibility index (Phi) is 25.9. The third kappa shape index (κ3) is 20.8. The van der Waals surface area contributed by atoms with Crippen LogP contribution in [0.4, 0.5) is 0 Å². The van der Waals surface area contributed by atoms with Crippen molar-refractivity contribution < 1.29 is 9.53 Å². The number of carbonyl (C=O) groups is 1. The average molecular weight is 489 g/mol. The van der Waals surface area contributed by atoms with Gasteiger partial charge >= 0.3 is 5.97 Å². The summed E-state index contributed by atoms with van der Waals surface area (Å²) in [5.41, 5.74) is 0. The van der Waals surface area contributed by atoms with Crippen LogP contribution < -0.4 is 0 Å². The van der Waals surface area contributed by atoms with E-state index >= 15 is 0 Å². The molecule has 0 rings (SSSR count). The number of unbranched alkanes of at least 4 members (excludes halogenated alkanes) is 16. The van der Waals surface area contributed by atoms with Gasteiger partial charge in [0.1, 0.15) is 0 Å². The van der Waals surface area contributed by atoms with Crippen LogP contribution in [0.3, 0.4) is 0 Å². The van der Waals surface area contributed by atoms with Gasteiger partial charge in [0, 0.05) is 16.9 Å². The smallest absolute Gasteiger partial charge is 0.305 e. The van der Waals surface area contributed by atoms with Crippen LogP contribution in [0.25, 0.3) is 0 Å². The second kappa shape index (κ2) is 25.8. The van der Waals surface area contributed by atoms with Crippen molar-refractivity contribution in [1.82, 2.24) is 0 Å². The van der Waals surface area contributed by atoms with Crippen LogP contribution in [-0.2, 0) is 9.53 Å². The maximum atomic E-state index is 11.1. The van der Waals surface area contributed by atoms with E-state index in [4.69, 9.17) is 0 Å². The molecule has 0 aliphatic heterocycles. The van der Waals surface area contributed by atoms with Crippen LogP contribution in [0.2, 0.25) is 0 Å². The topological polar surface area (TPSA) is 26.3 Å². The Balaban J connectivity index is 3.48. The molecule has 0 aliphatic carbocycles.